The molecule has 0 bridgehead atoms. The van der Waals surface area contributed by atoms with Crippen LogP contribution in [0.25, 0.3) is 0 Å². The molecule has 0 radical (unpaired) electrons. The standard InChI is InChI=1S/C56H92N6O19/c57-51-43-49(11-9-47(51)45-63)80-23-1-7-53(65)59-15-3-19-69-27-33-75-35-29-71-21-5-17-61-55(67)13-25-73-31-37-77-39-41-79-42-40-78-38-32-74-26-14-56(68)62-18-6-22-72-30-36-76-34-28-70-20-4-16-60-54(66)8-2-24-81-50-12-10-48(46-64)52(58)44-50/h9-12,43-46H,1-8,13-42,57-58H2,(H,59,65)(H,60,66)(H,61,67)(H,62,68). The van der Waals surface area contributed by atoms with E-state index in [2.05, 4.69) is 21.3 Å². The fourth-order valence-corrected chi connectivity index (χ4v) is 6.70. The number of aldehydes is 2. The number of ether oxygens (including phenoxy) is 13. The van der Waals surface area contributed by atoms with Gasteiger partial charge in [-0.05, 0) is 62.8 Å². The first kappa shape index (κ1) is 71.5. The summed E-state index contributed by atoms with van der Waals surface area (Å²) in [6.07, 6.45) is 6.42. The van der Waals surface area contributed by atoms with Gasteiger partial charge in [-0.15, -0.1) is 0 Å². The van der Waals surface area contributed by atoms with E-state index in [0.717, 1.165) is 0 Å². The van der Waals surface area contributed by atoms with Crippen LogP contribution in [-0.4, -0.2) is 221 Å². The van der Waals surface area contributed by atoms with Gasteiger partial charge in [0.15, 0.2) is 12.6 Å². The molecule has 0 spiro atoms. The highest BCUT2D eigenvalue weighted by Gasteiger charge is 2.07. The molecule has 2 aromatic carbocycles. The van der Waals surface area contributed by atoms with Gasteiger partial charge in [0.2, 0.25) is 23.6 Å². The predicted molar refractivity (Wildman–Crippen MR) is 301 cm³/mol. The number of carbonyl (C=O) groups is 6. The minimum Gasteiger partial charge on any atom is -0.494 e. The highest BCUT2D eigenvalue weighted by molar-refractivity contribution is 5.84. The van der Waals surface area contributed by atoms with Gasteiger partial charge in [-0.3, -0.25) is 28.8 Å². The highest BCUT2D eigenvalue weighted by Crippen LogP contribution is 2.20. The summed E-state index contributed by atoms with van der Waals surface area (Å²) >= 11 is 0. The molecule has 4 amide bonds. The van der Waals surface area contributed by atoms with Gasteiger partial charge in [0, 0.05) is 113 Å². The molecule has 0 aliphatic heterocycles. The fourth-order valence-electron chi connectivity index (χ4n) is 6.70. The van der Waals surface area contributed by atoms with Crippen LogP contribution in [0, 0.1) is 0 Å². The Kier molecular flexibility index (Phi) is 46.4. The molecule has 25 heteroatoms. The second kappa shape index (κ2) is 52.5. The number of nitrogen functional groups attached to an aromatic ring is 2. The van der Waals surface area contributed by atoms with Gasteiger partial charge in [0.1, 0.15) is 11.5 Å². The zero-order chi connectivity index (χ0) is 58.3. The Morgan fingerprint density at radius 2 is 0.568 bits per heavy atom. The summed E-state index contributed by atoms with van der Waals surface area (Å²) in [5.41, 5.74) is 13.1. The lowest BCUT2D eigenvalue weighted by Gasteiger charge is -2.09. The third kappa shape index (κ3) is 43.8. The van der Waals surface area contributed by atoms with Crippen molar-refractivity contribution in [2.45, 2.75) is 64.2 Å². The van der Waals surface area contributed by atoms with Gasteiger partial charge >= 0.3 is 0 Å². The van der Waals surface area contributed by atoms with Gasteiger partial charge in [-0.1, -0.05) is 0 Å². The van der Waals surface area contributed by atoms with Crippen LogP contribution in [-0.2, 0) is 71.3 Å². The Morgan fingerprint density at radius 1 is 0.321 bits per heavy atom. The molecular formula is C56H92N6O19. The van der Waals surface area contributed by atoms with E-state index in [1.54, 1.807) is 36.4 Å². The van der Waals surface area contributed by atoms with E-state index in [1.807, 2.05) is 0 Å². The van der Waals surface area contributed by atoms with Crippen molar-refractivity contribution in [1.82, 2.24) is 21.3 Å². The molecule has 25 nitrogen and oxygen atoms in total. The topological polar surface area (TPSA) is 323 Å². The maximum atomic E-state index is 12.0. The predicted octanol–water partition coefficient (Wildman–Crippen LogP) is 2.48. The molecule has 8 N–H and O–H groups in total. The molecule has 0 fully saturated rings. The molecule has 0 unspecified atom stereocenters. The normalized spacial score (nSPS) is 11.1. The maximum Gasteiger partial charge on any atom is 0.222 e. The van der Waals surface area contributed by atoms with Crippen molar-refractivity contribution in [3.63, 3.8) is 0 Å². The Bertz CT molecular complexity index is 1810. The monoisotopic (exact) mass is 1150 g/mol. The Balaban J connectivity index is 1.17. The average Bonchev–Trinajstić information content (AvgIpc) is 3.46. The zero-order valence-corrected chi connectivity index (χ0v) is 47.4. The third-order valence-corrected chi connectivity index (χ3v) is 11.1. The molecule has 0 saturated carbocycles. The molecule has 2 rings (SSSR count). The summed E-state index contributed by atoms with van der Waals surface area (Å²) in [5, 5.41) is 11.4. The highest BCUT2D eigenvalue weighted by atomic mass is 16.6. The van der Waals surface area contributed by atoms with Crippen LogP contribution in [0.3, 0.4) is 0 Å². The van der Waals surface area contributed by atoms with E-state index >= 15 is 0 Å². The summed E-state index contributed by atoms with van der Waals surface area (Å²) in [6.45, 7) is 12.2. The van der Waals surface area contributed by atoms with E-state index in [1.165, 1.54) is 0 Å². The first-order chi connectivity index (χ1) is 39.7. The molecule has 81 heavy (non-hydrogen) atoms. The first-order valence-corrected chi connectivity index (χ1v) is 28.1. The number of amides is 4. The number of rotatable bonds is 58. The van der Waals surface area contributed by atoms with Gasteiger partial charge in [-0.25, -0.2) is 0 Å². The van der Waals surface area contributed by atoms with E-state index < -0.39 is 0 Å². The fraction of sp³-hybridized carbons (Fsp3) is 0.679. The summed E-state index contributed by atoms with van der Waals surface area (Å²) in [6, 6.07) is 9.72. The van der Waals surface area contributed by atoms with E-state index in [0.29, 0.717) is 283 Å². The second-order valence-corrected chi connectivity index (χ2v) is 17.8. The number of benzene rings is 2. The second-order valence-electron chi connectivity index (χ2n) is 17.8. The van der Waals surface area contributed by atoms with Crippen molar-refractivity contribution >= 4 is 47.6 Å². The number of hydrogen-bond donors (Lipinski definition) is 6. The molecule has 0 aliphatic rings. The Morgan fingerprint density at radius 3 is 0.827 bits per heavy atom. The molecular weight excluding hydrogens is 1060 g/mol. The largest absolute Gasteiger partial charge is 0.494 e. The lowest BCUT2D eigenvalue weighted by atomic mass is 10.2. The van der Waals surface area contributed by atoms with Crippen LogP contribution in [0.4, 0.5) is 11.4 Å². The molecule has 0 heterocycles. The maximum absolute atomic E-state index is 12.0. The van der Waals surface area contributed by atoms with Crippen LogP contribution in [0.1, 0.15) is 84.9 Å². The summed E-state index contributed by atoms with van der Waals surface area (Å²) in [7, 11) is 0. The molecule has 2 aromatic rings. The van der Waals surface area contributed by atoms with Crippen molar-refractivity contribution in [3.8, 4) is 11.5 Å². The molecule has 0 saturated heterocycles. The van der Waals surface area contributed by atoms with Crippen LogP contribution >= 0.6 is 0 Å². The van der Waals surface area contributed by atoms with Crippen LogP contribution in [0.15, 0.2) is 36.4 Å². The molecule has 0 aromatic heterocycles. The number of anilines is 2. The minimum absolute atomic E-state index is 0.0550. The number of nitrogens with two attached hydrogens (primary N) is 2. The SMILES string of the molecule is Nc1cc(OCCCC(=O)NCCCOCCOCCOCCCNC(=O)CCOCCOCCOCCOCCOCCC(=O)NCCCOCCOCCOCCCNC(=O)CCCOc2ccc(C=O)c(N)c2)ccc1C=O. The first-order valence-electron chi connectivity index (χ1n) is 28.1. The van der Waals surface area contributed by atoms with Gasteiger partial charge in [-0.2, -0.15) is 0 Å². The Labute approximate surface area is 477 Å². The summed E-state index contributed by atoms with van der Waals surface area (Å²) in [5.74, 6) is 0.830. The number of nitrogens with one attached hydrogen (secondary N) is 4. The van der Waals surface area contributed by atoms with Crippen LogP contribution < -0.4 is 42.2 Å². The average molecular weight is 1150 g/mol. The molecule has 0 aliphatic carbocycles. The number of hydrogen-bond acceptors (Lipinski definition) is 21. The molecule has 0 atom stereocenters. The van der Waals surface area contributed by atoms with Crippen LogP contribution in [0.2, 0.25) is 0 Å². The summed E-state index contributed by atoms with van der Waals surface area (Å²) in [4.78, 5) is 69.8. The van der Waals surface area contributed by atoms with Gasteiger partial charge in [0.25, 0.3) is 0 Å². The smallest absolute Gasteiger partial charge is 0.222 e. The molecule has 460 valence electrons. The van der Waals surface area contributed by atoms with E-state index in [-0.39, 0.29) is 36.5 Å². The summed E-state index contributed by atoms with van der Waals surface area (Å²) < 4.78 is 71.8. The quantitative estimate of drug-likeness (QED) is 0.0315. The minimum atomic E-state index is -0.0879. The van der Waals surface area contributed by atoms with E-state index in [4.69, 9.17) is 73.0 Å². The van der Waals surface area contributed by atoms with Crippen molar-refractivity contribution in [2.75, 3.05) is 196 Å². The lowest BCUT2D eigenvalue weighted by Crippen LogP contribution is -2.26. The van der Waals surface area contributed by atoms with Crippen molar-refractivity contribution in [3.05, 3.63) is 47.5 Å². The van der Waals surface area contributed by atoms with Gasteiger partial charge in [0.05, 0.1) is 132 Å². The van der Waals surface area contributed by atoms with Gasteiger partial charge < -0.3 is 94.3 Å². The van der Waals surface area contributed by atoms with E-state index in [9.17, 15) is 28.8 Å². The lowest BCUT2D eigenvalue weighted by molar-refractivity contribution is -0.123. The number of carbonyl (C=O) groups excluding carboxylic acids is 6. The Hall–Kier alpha value is -5.58. The van der Waals surface area contributed by atoms with Crippen molar-refractivity contribution < 1.29 is 90.3 Å². The zero-order valence-electron chi connectivity index (χ0n) is 47.4. The van der Waals surface area contributed by atoms with Crippen molar-refractivity contribution in [2.24, 2.45) is 0 Å². The van der Waals surface area contributed by atoms with Crippen LogP contribution in [0.5, 0.6) is 11.5 Å². The van der Waals surface area contributed by atoms with Crippen molar-refractivity contribution in [1.29, 1.82) is 0 Å². The third-order valence-electron chi connectivity index (χ3n) is 11.1.